The quantitative estimate of drug-likeness (QED) is 0.191. The maximum Gasteiger partial charge on any atom is 0.182 e. The van der Waals surface area contributed by atoms with Crippen molar-refractivity contribution in [3.05, 3.63) is 170 Å². The Bertz CT molecular complexity index is 2790. The van der Waals surface area contributed by atoms with Gasteiger partial charge in [0.05, 0.1) is 22.2 Å². The normalized spacial score (nSPS) is 11.7. The van der Waals surface area contributed by atoms with Gasteiger partial charge in [0.15, 0.2) is 11.5 Å². The van der Waals surface area contributed by atoms with E-state index in [1.165, 1.54) is 32.7 Å². The van der Waals surface area contributed by atoms with Crippen LogP contribution in [0, 0.1) is 0 Å². The first-order valence-electron chi connectivity index (χ1n) is 16.4. The second kappa shape index (κ2) is 10.9. The highest BCUT2D eigenvalue weighted by atomic mass is 15.3. The van der Waals surface area contributed by atoms with E-state index >= 15 is 0 Å². The van der Waals surface area contributed by atoms with Gasteiger partial charge in [0.25, 0.3) is 0 Å². The Kier molecular flexibility index (Phi) is 6.08. The molecule has 10 rings (SSSR count). The molecular weight excluding hydrogens is 601 g/mol. The summed E-state index contributed by atoms with van der Waals surface area (Å²) in [5, 5.41) is 8.57. The van der Waals surface area contributed by atoms with Crippen LogP contribution in [0.2, 0.25) is 0 Å². The number of rotatable bonds is 5. The molecule has 0 N–H and O–H groups in total. The number of hydrogen-bond donors (Lipinski definition) is 0. The van der Waals surface area contributed by atoms with Crippen LogP contribution in [0.4, 0.5) is 0 Å². The fourth-order valence-electron chi connectivity index (χ4n) is 7.13. The third-order valence-electron chi connectivity index (χ3n) is 9.44. The number of aromatic nitrogens is 6. The van der Waals surface area contributed by atoms with Gasteiger partial charge in [-0.1, -0.05) is 72.8 Å². The number of fused-ring (bicyclic) bond motifs is 6. The topological polar surface area (TPSA) is 52.9 Å². The minimum atomic E-state index is 0.689. The average molecular weight is 629 g/mol. The van der Waals surface area contributed by atoms with Crippen LogP contribution in [0.1, 0.15) is 0 Å². The zero-order valence-corrected chi connectivity index (χ0v) is 26.3. The Labute approximate surface area is 281 Å². The van der Waals surface area contributed by atoms with Gasteiger partial charge in [-0.2, -0.15) is 0 Å². The van der Waals surface area contributed by atoms with E-state index in [1.54, 1.807) is 0 Å². The van der Waals surface area contributed by atoms with E-state index in [1.807, 2.05) is 41.2 Å². The van der Waals surface area contributed by atoms with Gasteiger partial charge in [-0.25, -0.2) is 9.50 Å². The van der Waals surface area contributed by atoms with E-state index < -0.39 is 0 Å². The first kappa shape index (κ1) is 27.3. The Morgan fingerprint density at radius 1 is 0.469 bits per heavy atom. The summed E-state index contributed by atoms with van der Waals surface area (Å²) in [7, 11) is 0. The molecule has 0 radical (unpaired) electrons. The molecule has 5 heterocycles. The first-order valence-corrected chi connectivity index (χ1v) is 16.4. The molecule has 49 heavy (non-hydrogen) atoms. The molecule has 0 aliphatic rings. The highest BCUT2D eigenvalue weighted by molar-refractivity contribution is 6.18. The largest absolute Gasteiger partial charge is 0.316 e. The lowest BCUT2D eigenvalue weighted by Gasteiger charge is -2.10. The molecule has 230 valence electrons. The lowest BCUT2D eigenvalue weighted by atomic mass is 10.0. The smallest absolute Gasteiger partial charge is 0.182 e. The predicted molar refractivity (Wildman–Crippen MR) is 198 cm³/mol. The second-order valence-corrected chi connectivity index (χ2v) is 12.2. The minimum absolute atomic E-state index is 0.689. The Morgan fingerprint density at radius 2 is 1.24 bits per heavy atom. The molecule has 5 aromatic heterocycles. The van der Waals surface area contributed by atoms with Gasteiger partial charge in [0.2, 0.25) is 0 Å². The van der Waals surface area contributed by atoms with Crippen LogP contribution in [-0.4, -0.2) is 28.7 Å². The van der Waals surface area contributed by atoms with E-state index in [0.29, 0.717) is 5.82 Å². The van der Waals surface area contributed by atoms with Crippen LogP contribution in [0.3, 0.4) is 0 Å². The number of benzene rings is 5. The molecular formula is C43H28N6. The summed E-state index contributed by atoms with van der Waals surface area (Å²) in [6.07, 6.45) is 5.94. The van der Waals surface area contributed by atoms with Crippen LogP contribution >= 0.6 is 0 Å². The van der Waals surface area contributed by atoms with Crippen molar-refractivity contribution in [3.63, 3.8) is 0 Å². The van der Waals surface area contributed by atoms with Gasteiger partial charge in [-0.05, 0) is 84.4 Å². The first-order chi connectivity index (χ1) is 24.3. The van der Waals surface area contributed by atoms with Crippen molar-refractivity contribution in [3.8, 4) is 45.1 Å². The molecule has 0 bridgehead atoms. The van der Waals surface area contributed by atoms with E-state index in [2.05, 4.69) is 148 Å². The molecule has 0 saturated heterocycles. The zero-order valence-electron chi connectivity index (χ0n) is 26.3. The van der Waals surface area contributed by atoms with Crippen LogP contribution in [0.5, 0.6) is 0 Å². The van der Waals surface area contributed by atoms with Crippen LogP contribution in [0.25, 0.3) is 83.5 Å². The van der Waals surface area contributed by atoms with E-state index in [9.17, 15) is 0 Å². The molecule has 0 amide bonds. The van der Waals surface area contributed by atoms with E-state index in [0.717, 1.165) is 45.0 Å². The molecule has 5 aromatic carbocycles. The highest BCUT2D eigenvalue weighted by Crippen LogP contribution is 2.38. The van der Waals surface area contributed by atoms with Crippen molar-refractivity contribution in [1.29, 1.82) is 0 Å². The predicted octanol–water partition coefficient (Wildman–Crippen LogP) is 10.2. The number of pyridine rings is 2. The van der Waals surface area contributed by atoms with Gasteiger partial charge < -0.3 is 9.13 Å². The molecule has 0 aliphatic heterocycles. The third-order valence-corrected chi connectivity index (χ3v) is 9.44. The van der Waals surface area contributed by atoms with Crippen molar-refractivity contribution in [1.82, 2.24) is 28.7 Å². The fraction of sp³-hybridized carbons (Fsp3) is 0. The molecule has 6 nitrogen and oxygen atoms in total. The Balaban J connectivity index is 1.06. The van der Waals surface area contributed by atoms with Crippen molar-refractivity contribution in [2.45, 2.75) is 0 Å². The van der Waals surface area contributed by atoms with Gasteiger partial charge in [-0.3, -0.25) is 4.98 Å². The molecule has 0 atom stereocenters. The molecule has 10 aromatic rings. The van der Waals surface area contributed by atoms with E-state index in [-0.39, 0.29) is 0 Å². The summed E-state index contributed by atoms with van der Waals surface area (Å²) in [6, 6.07) is 53.0. The van der Waals surface area contributed by atoms with Gasteiger partial charge in [0.1, 0.15) is 0 Å². The van der Waals surface area contributed by atoms with Crippen LogP contribution in [-0.2, 0) is 0 Å². The van der Waals surface area contributed by atoms with Crippen LogP contribution < -0.4 is 0 Å². The molecule has 0 fully saturated rings. The average Bonchev–Trinajstić information content (AvgIpc) is 3.90. The minimum Gasteiger partial charge on any atom is -0.316 e. The van der Waals surface area contributed by atoms with Gasteiger partial charge in [-0.15, -0.1) is 5.10 Å². The highest BCUT2D eigenvalue weighted by Gasteiger charge is 2.18. The van der Waals surface area contributed by atoms with Gasteiger partial charge >= 0.3 is 0 Å². The second-order valence-electron chi connectivity index (χ2n) is 12.2. The monoisotopic (exact) mass is 628 g/mol. The maximum absolute atomic E-state index is 5.03. The summed E-state index contributed by atoms with van der Waals surface area (Å²) in [6.45, 7) is 0. The Morgan fingerprint density at radius 3 is 2.08 bits per heavy atom. The fourth-order valence-corrected chi connectivity index (χ4v) is 7.13. The number of hydrogen-bond acceptors (Lipinski definition) is 3. The number of nitrogens with zero attached hydrogens (tertiary/aromatic N) is 6. The van der Waals surface area contributed by atoms with Crippen molar-refractivity contribution in [2.75, 3.05) is 0 Å². The van der Waals surface area contributed by atoms with Gasteiger partial charge in [0, 0.05) is 62.8 Å². The summed E-state index contributed by atoms with van der Waals surface area (Å²) >= 11 is 0. The summed E-state index contributed by atoms with van der Waals surface area (Å²) in [5.41, 5.74) is 11.7. The molecule has 0 aliphatic carbocycles. The molecule has 0 saturated carbocycles. The van der Waals surface area contributed by atoms with Crippen molar-refractivity contribution < 1.29 is 0 Å². The molecule has 0 unspecified atom stereocenters. The summed E-state index contributed by atoms with van der Waals surface area (Å²) in [4.78, 5) is 9.52. The van der Waals surface area contributed by atoms with E-state index in [4.69, 9.17) is 10.1 Å². The summed E-state index contributed by atoms with van der Waals surface area (Å²) < 4.78 is 6.51. The SMILES string of the molecule is c1ccc(-n2ccc3c2ccc2c4ccccc4n(-c4ccc(-c5nc6c(-c7ccc(-c8ccccn8)cc7)cccn6n5)cc4)c23)cc1. The lowest BCUT2D eigenvalue weighted by Crippen LogP contribution is -1.95. The standard InChI is InChI=1S/C43H28N6/c1-2-9-32(10-3-1)47-28-25-37-39(47)24-23-36-35-11-4-5-14-40(35)49(41(36)37)33-21-19-31(20-22-33)42-45-43-34(12-8-27-48(43)46-42)29-15-17-30(18-16-29)38-13-6-7-26-44-38/h1-28H. The molecule has 0 spiro atoms. The summed E-state index contributed by atoms with van der Waals surface area (Å²) in [5.74, 6) is 0.689. The van der Waals surface area contributed by atoms with Crippen LogP contribution in [0.15, 0.2) is 170 Å². The Hall–Kier alpha value is -6.79. The number of para-hydroxylation sites is 2. The maximum atomic E-state index is 5.03. The third kappa shape index (κ3) is 4.38. The zero-order chi connectivity index (χ0) is 32.3. The van der Waals surface area contributed by atoms with Crippen molar-refractivity contribution in [2.24, 2.45) is 0 Å². The lowest BCUT2D eigenvalue weighted by molar-refractivity contribution is 0.966. The molecule has 6 heteroatoms. The van der Waals surface area contributed by atoms with Crippen molar-refractivity contribution >= 4 is 38.4 Å².